The Morgan fingerprint density at radius 2 is 1.87 bits per heavy atom. The van der Waals surface area contributed by atoms with E-state index in [2.05, 4.69) is 33.6 Å². The average Bonchev–Trinajstić information content (AvgIpc) is 3.16. The van der Waals surface area contributed by atoms with Crippen molar-refractivity contribution in [3.8, 4) is 5.75 Å². The number of benzene rings is 1. The second-order valence-corrected chi connectivity index (χ2v) is 6.58. The van der Waals surface area contributed by atoms with E-state index in [0.717, 1.165) is 17.9 Å². The molecule has 4 N–H and O–H groups in total. The van der Waals surface area contributed by atoms with Crippen molar-refractivity contribution < 1.29 is 4.74 Å². The van der Waals surface area contributed by atoms with E-state index in [0.29, 0.717) is 28.1 Å². The molecule has 1 saturated carbocycles. The van der Waals surface area contributed by atoms with Crippen LogP contribution in [0.15, 0.2) is 36.4 Å². The lowest BCUT2D eigenvalue weighted by Crippen LogP contribution is -2.51. The van der Waals surface area contributed by atoms with Gasteiger partial charge in [0, 0.05) is 6.04 Å². The number of methoxy groups -OCH3 is 1. The van der Waals surface area contributed by atoms with E-state index in [1.165, 1.54) is 6.42 Å². The number of ether oxygens (including phenoxy) is 1. The zero-order valence-corrected chi connectivity index (χ0v) is 14.5. The summed E-state index contributed by atoms with van der Waals surface area (Å²) in [6, 6.07) is 8.00. The molecule has 1 fully saturated rings. The maximum Gasteiger partial charge on any atom is 0.189 e. The highest BCUT2D eigenvalue weighted by atomic mass is 32.1. The molecule has 5 nitrogen and oxygen atoms in total. The van der Waals surface area contributed by atoms with E-state index < -0.39 is 0 Å². The molecular formula is C16H20N4OS2. The van der Waals surface area contributed by atoms with Crippen molar-refractivity contribution in [3.05, 3.63) is 36.4 Å². The molecule has 0 heterocycles. The number of hydrazine groups is 1. The Labute approximate surface area is 146 Å². The van der Waals surface area contributed by atoms with Crippen molar-refractivity contribution in [2.75, 3.05) is 12.4 Å². The van der Waals surface area contributed by atoms with Crippen LogP contribution in [-0.2, 0) is 0 Å². The Hall–Kier alpha value is -1.86. The molecule has 122 valence electrons. The Morgan fingerprint density at radius 3 is 2.57 bits per heavy atom. The van der Waals surface area contributed by atoms with E-state index in [9.17, 15) is 0 Å². The number of allylic oxidation sites excluding steroid dienone is 1. The molecule has 0 spiro atoms. The topological polar surface area (TPSA) is 57.4 Å². The zero-order chi connectivity index (χ0) is 16.2. The third kappa shape index (κ3) is 3.92. The minimum Gasteiger partial charge on any atom is -0.495 e. The molecule has 0 amide bonds. The van der Waals surface area contributed by atoms with Gasteiger partial charge < -0.3 is 15.4 Å². The van der Waals surface area contributed by atoms with Crippen LogP contribution in [0.5, 0.6) is 5.75 Å². The van der Waals surface area contributed by atoms with Gasteiger partial charge in [-0.25, -0.2) is 0 Å². The van der Waals surface area contributed by atoms with Gasteiger partial charge in [-0.3, -0.25) is 10.9 Å². The normalized spacial score (nSPS) is 24.1. The molecule has 2 aliphatic rings. The van der Waals surface area contributed by atoms with E-state index >= 15 is 0 Å². The summed E-state index contributed by atoms with van der Waals surface area (Å²) in [7, 11) is 1.62. The number of nitrogens with one attached hydrogen (secondary N) is 4. The summed E-state index contributed by atoms with van der Waals surface area (Å²) in [6.07, 6.45) is 6.98. The van der Waals surface area contributed by atoms with Crippen molar-refractivity contribution in [1.29, 1.82) is 0 Å². The lowest BCUT2D eigenvalue weighted by atomic mass is 10.0. The van der Waals surface area contributed by atoms with Crippen molar-refractivity contribution in [2.24, 2.45) is 11.8 Å². The van der Waals surface area contributed by atoms with Crippen LogP contribution in [0.4, 0.5) is 5.69 Å². The smallest absolute Gasteiger partial charge is 0.189 e. The summed E-state index contributed by atoms with van der Waals surface area (Å²) < 4.78 is 5.27. The van der Waals surface area contributed by atoms with Crippen LogP contribution < -0.4 is 26.2 Å². The number of hydrogen-bond acceptors (Lipinski definition) is 3. The number of anilines is 1. The van der Waals surface area contributed by atoms with Crippen molar-refractivity contribution >= 4 is 40.3 Å². The van der Waals surface area contributed by atoms with Crippen molar-refractivity contribution in [1.82, 2.24) is 16.2 Å². The molecule has 0 unspecified atom stereocenters. The van der Waals surface area contributed by atoms with Gasteiger partial charge in [-0.05, 0) is 61.2 Å². The first kappa shape index (κ1) is 16.0. The molecule has 2 bridgehead atoms. The van der Waals surface area contributed by atoms with Crippen LogP contribution in [-0.4, -0.2) is 23.4 Å². The van der Waals surface area contributed by atoms with E-state index in [1.54, 1.807) is 7.11 Å². The Kier molecular flexibility index (Phi) is 4.97. The van der Waals surface area contributed by atoms with E-state index in [-0.39, 0.29) is 0 Å². The summed E-state index contributed by atoms with van der Waals surface area (Å²) in [4.78, 5) is 0. The molecule has 7 heteroatoms. The monoisotopic (exact) mass is 348 g/mol. The largest absolute Gasteiger partial charge is 0.495 e. The standard InChI is InChI=1S/C16H20N4OS2/c1-21-14-5-3-2-4-12(14)17-15(22)19-20-16(23)18-13-9-10-6-7-11(13)8-10/h2-7,10-11,13H,8-9H2,1H3,(H2,17,19,22)(H2,18,20,23)/t10-,11-,13+/m1/s1. The van der Waals surface area contributed by atoms with Gasteiger partial charge in [0.2, 0.25) is 0 Å². The second kappa shape index (κ2) is 7.14. The molecule has 3 rings (SSSR count). The van der Waals surface area contributed by atoms with Crippen LogP contribution in [0.3, 0.4) is 0 Å². The molecule has 23 heavy (non-hydrogen) atoms. The highest BCUT2D eigenvalue weighted by molar-refractivity contribution is 7.80. The fourth-order valence-electron chi connectivity index (χ4n) is 3.17. The Balaban J connectivity index is 1.43. The third-order valence-corrected chi connectivity index (χ3v) is 4.66. The molecule has 1 aromatic rings. The second-order valence-electron chi connectivity index (χ2n) is 5.76. The van der Waals surface area contributed by atoms with Gasteiger partial charge in [0.1, 0.15) is 5.75 Å². The number of thiocarbonyl (C=S) groups is 2. The number of rotatable bonds is 3. The number of hydrogen-bond donors (Lipinski definition) is 4. The van der Waals surface area contributed by atoms with Gasteiger partial charge in [0.15, 0.2) is 10.2 Å². The minimum atomic E-state index is 0.419. The third-order valence-electron chi connectivity index (χ3n) is 4.24. The predicted molar refractivity (Wildman–Crippen MR) is 100 cm³/mol. The fourth-order valence-corrected chi connectivity index (χ4v) is 3.53. The summed E-state index contributed by atoms with van der Waals surface area (Å²) in [6.45, 7) is 0. The Morgan fingerprint density at radius 1 is 1.09 bits per heavy atom. The first-order chi connectivity index (χ1) is 11.2. The van der Waals surface area contributed by atoms with Crippen LogP contribution >= 0.6 is 24.4 Å². The van der Waals surface area contributed by atoms with E-state index in [4.69, 9.17) is 29.2 Å². The van der Waals surface area contributed by atoms with Gasteiger partial charge in [-0.15, -0.1) is 0 Å². The van der Waals surface area contributed by atoms with Crippen molar-refractivity contribution in [2.45, 2.75) is 18.9 Å². The molecule has 0 aromatic heterocycles. The zero-order valence-electron chi connectivity index (χ0n) is 12.8. The fraction of sp³-hybridized carbons (Fsp3) is 0.375. The molecule has 2 aliphatic carbocycles. The highest BCUT2D eigenvalue weighted by Gasteiger charge is 2.35. The summed E-state index contributed by atoms with van der Waals surface area (Å²) >= 11 is 10.6. The lowest BCUT2D eigenvalue weighted by molar-refractivity contribution is 0.417. The first-order valence-electron chi connectivity index (χ1n) is 7.60. The maximum absolute atomic E-state index is 5.32. The Bertz CT molecular complexity index is 634. The lowest BCUT2D eigenvalue weighted by Gasteiger charge is -2.22. The molecule has 0 aliphatic heterocycles. The number of para-hydroxylation sites is 2. The summed E-state index contributed by atoms with van der Waals surface area (Å²) in [5.41, 5.74) is 6.62. The molecule has 0 saturated heterocycles. The molecule has 0 radical (unpaired) electrons. The average molecular weight is 348 g/mol. The maximum atomic E-state index is 5.32. The molecule has 3 atom stereocenters. The SMILES string of the molecule is COc1ccccc1NC(=S)NNC(=S)N[C@H]1C[C@@H]2C=C[C@@H]1C2. The number of fused-ring (bicyclic) bond motifs is 2. The quantitative estimate of drug-likeness (QED) is 0.380. The van der Waals surface area contributed by atoms with E-state index in [1.807, 2.05) is 24.3 Å². The van der Waals surface area contributed by atoms with Gasteiger partial charge in [0.25, 0.3) is 0 Å². The van der Waals surface area contributed by atoms with Crippen LogP contribution in [0.1, 0.15) is 12.8 Å². The summed E-state index contributed by atoms with van der Waals surface area (Å²) in [5.74, 6) is 2.03. The molecular weight excluding hydrogens is 328 g/mol. The van der Waals surface area contributed by atoms with Gasteiger partial charge in [-0.2, -0.15) is 0 Å². The van der Waals surface area contributed by atoms with Crippen molar-refractivity contribution in [3.63, 3.8) is 0 Å². The predicted octanol–water partition coefficient (Wildman–Crippen LogP) is 2.33. The van der Waals surface area contributed by atoms with Gasteiger partial charge in [0.05, 0.1) is 12.8 Å². The summed E-state index contributed by atoms with van der Waals surface area (Å²) in [5, 5.41) is 7.40. The van der Waals surface area contributed by atoms with Gasteiger partial charge in [-0.1, -0.05) is 24.3 Å². The minimum absolute atomic E-state index is 0.419. The van der Waals surface area contributed by atoms with Crippen LogP contribution in [0.2, 0.25) is 0 Å². The first-order valence-corrected chi connectivity index (χ1v) is 8.42. The van der Waals surface area contributed by atoms with Crippen LogP contribution in [0, 0.1) is 11.8 Å². The van der Waals surface area contributed by atoms with Gasteiger partial charge >= 0.3 is 0 Å². The molecule has 1 aromatic carbocycles. The highest BCUT2D eigenvalue weighted by Crippen LogP contribution is 2.38. The van der Waals surface area contributed by atoms with Crippen LogP contribution in [0.25, 0.3) is 0 Å².